The highest BCUT2D eigenvalue weighted by Crippen LogP contribution is 2.29. The minimum Gasteiger partial charge on any atom is -0.350 e. The normalized spacial score (nSPS) is 17.7. The number of hydrogen-bond donors (Lipinski definition) is 2. The molecule has 0 saturated carbocycles. The van der Waals surface area contributed by atoms with Gasteiger partial charge in [0.2, 0.25) is 0 Å². The number of hydrogen-bond acceptors (Lipinski definition) is 2. The maximum absolute atomic E-state index is 13.3. The number of piperazine rings is 1. The van der Waals surface area contributed by atoms with Crippen molar-refractivity contribution in [3.63, 3.8) is 0 Å². The second kappa shape index (κ2) is 6.61. The number of benzene rings is 2. The summed E-state index contributed by atoms with van der Waals surface area (Å²) in [5.41, 5.74) is 6.48. The fourth-order valence-electron chi connectivity index (χ4n) is 4.01. The molecule has 0 aliphatic carbocycles. The van der Waals surface area contributed by atoms with E-state index >= 15 is 0 Å². The summed E-state index contributed by atoms with van der Waals surface area (Å²) in [7, 11) is 0. The molecule has 2 heterocycles. The summed E-state index contributed by atoms with van der Waals surface area (Å²) in [5.74, 6) is 0.0972. The third-order valence-corrected chi connectivity index (χ3v) is 5.50. The monoisotopic (exact) mass is 347 g/mol. The van der Waals surface area contributed by atoms with Crippen LogP contribution in [0.2, 0.25) is 0 Å². The van der Waals surface area contributed by atoms with Crippen LogP contribution in [0.1, 0.15) is 38.8 Å². The second-order valence-corrected chi connectivity index (χ2v) is 7.24. The lowest BCUT2D eigenvalue weighted by molar-refractivity contribution is 0.0697. The number of nitrogens with one attached hydrogen (secondary N) is 2. The van der Waals surface area contributed by atoms with Gasteiger partial charge in [0.15, 0.2) is 0 Å². The molecule has 0 spiro atoms. The molecule has 134 valence electrons. The number of aromatic nitrogens is 1. The molecule has 4 rings (SSSR count). The van der Waals surface area contributed by atoms with Crippen LogP contribution in [0.3, 0.4) is 0 Å². The van der Waals surface area contributed by atoms with E-state index in [1.165, 1.54) is 22.1 Å². The Labute approximate surface area is 154 Å². The van der Waals surface area contributed by atoms with Crippen molar-refractivity contribution in [2.24, 2.45) is 0 Å². The second-order valence-electron chi connectivity index (χ2n) is 7.24. The first-order chi connectivity index (χ1) is 12.6. The Morgan fingerprint density at radius 2 is 1.77 bits per heavy atom. The number of amides is 1. The standard InChI is InChI=1S/C22H25N3O/c1-14-9-10-15(2)20-19(14)16(3)21(24-20)22(26)25-12-11-23-18(13-25)17-7-5-4-6-8-17/h4-10,18,23-24H,11-13H2,1-3H3/t18-/m0/s1. The molecule has 1 aromatic heterocycles. The molecular weight excluding hydrogens is 322 g/mol. The Morgan fingerprint density at radius 3 is 2.50 bits per heavy atom. The number of aryl methyl sites for hydroxylation is 3. The van der Waals surface area contributed by atoms with Gasteiger partial charge in [-0.2, -0.15) is 0 Å². The third-order valence-electron chi connectivity index (χ3n) is 5.50. The van der Waals surface area contributed by atoms with Crippen molar-refractivity contribution in [2.45, 2.75) is 26.8 Å². The molecule has 0 radical (unpaired) electrons. The van der Waals surface area contributed by atoms with Crippen molar-refractivity contribution in [3.8, 4) is 0 Å². The van der Waals surface area contributed by atoms with Crippen molar-refractivity contribution < 1.29 is 4.79 Å². The summed E-state index contributed by atoms with van der Waals surface area (Å²) in [6.45, 7) is 8.47. The fourth-order valence-corrected chi connectivity index (χ4v) is 4.01. The van der Waals surface area contributed by atoms with Crippen molar-refractivity contribution in [1.82, 2.24) is 15.2 Å². The first-order valence-electron chi connectivity index (χ1n) is 9.22. The number of carbonyl (C=O) groups is 1. The fraction of sp³-hybridized carbons (Fsp3) is 0.318. The molecule has 2 aromatic carbocycles. The highest BCUT2D eigenvalue weighted by atomic mass is 16.2. The summed E-state index contributed by atoms with van der Waals surface area (Å²) < 4.78 is 0. The van der Waals surface area contributed by atoms with E-state index in [0.717, 1.165) is 29.9 Å². The van der Waals surface area contributed by atoms with Gasteiger partial charge in [0, 0.05) is 36.6 Å². The number of rotatable bonds is 2. The smallest absolute Gasteiger partial charge is 0.270 e. The van der Waals surface area contributed by atoms with E-state index in [-0.39, 0.29) is 11.9 Å². The molecule has 1 fully saturated rings. The van der Waals surface area contributed by atoms with Crippen molar-refractivity contribution in [3.05, 3.63) is 70.4 Å². The topological polar surface area (TPSA) is 48.1 Å². The Hall–Kier alpha value is -2.59. The molecule has 26 heavy (non-hydrogen) atoms. The van der Waals surface area contributed by atoms with Crippen LogP contribution in [0.5, 0.6) is 0 Å². The molecule has 1 aliphatic rings. The zero-order valence-electron chi connectivity index (χ0n) is 15.6. The van der Waals surface area contributed by atoms with E-state index in [1.54, 1.807) is 0 Å². The van der Waals surface area contributed by atoms with E-state index in [4.69, 9.17) is 0 Å². The molecule has 1 amide bonds. The van der Waals surface area contributed by atoms with Crippen LogP contribution < -0.4 is 5.32 Å². The Balaban J connectivity index is 1.65. The lowest BCUT2D eigenvalue weighted by Crippen LogP contribution is -2.48. The van der Waals surface area contributed by atoms with E-state index in [9.17, 15) is 4.79 Å². The van der Waals surface area contributed by atoms with Gasteiger partial charge in [0.05, 0.1) is 0 Å². The van der Waals surface area contributed by atoms with Crippen LogP contribution in [0, 0.1) is 20.8 Å². The number of fused-ring (bicyclic) bond motifs is 1. The first kappa shape index (κ1) is 16.9. The number of carbonyl (C=O) groups excluding carboxylic acids is 1. The van der Waals surface area contributed by atoms with E-state index in [1.807, 2.05) is 23.1 Å². The average molecular weight is 347 g/mol. The summed E-state index contributed by atoms with van der Waals surface area (Å²) in [6.07, 6.45) is 0. The van der Waals surface area contributed by atoms with Gasteiger partial charge in [-0.15, -0.1) is 0 Å². The molecule has 2 N–H and O–H groups in total. The zero-order valence-corrected chi connectivity index (χ0v) is 15.6. The number of H-pyrrole nitrogens is 1. The largest absolute Gasteiger partial charge is 0.350 e. The Kier molecular flexibility index (Phi) is 4.29. The van der Waals surface area contributed by atoms with Crippen LogP contribution in [0.15, 0.2) is 42.5 Å². The third kappa shape index (κ3) is 2.80. The summed E-state index contributed by atoms with van der Waals surface area (Å²) in [5, 5.41) is 4.71. The average Bonchev–Trinajstić information content (AvgIpc) is 3.03. The van der Waals surface area contributed by atoms with Gasteiger partial charge in [0.1, 0.15) is 5.69 Å². The lowest BCUT2D eigenvalue weighted by atomic mass is 10.0. The first-order valence-corrected chi connectivity index (χ1v) is 9.22. The zero-order chi connectivity index (χ0) is 18.3. The van der Waals surface area contributed by atoms with Crippen molar-refractivity contribution in [1.29, 1.82) is 0 Å². The van der Waals surface area contributed by atoms with E-state index in [2.05, 4.69) is 55.3 Å². The maximum atomic E-state index is 13.3. The van der Waals surface area contributed by atoms with E-state index in [0.29, 0.717) is 6.54 Å². The quantitative estimate of drug-likeness (QED) is 0.739. The molecule has 1 aliphatic heterocycles. The molecule has 0 bridgehead atoms. The minimum absolute atomic E-state index is 0.0972. The number of aromatic amines is 1. The van der Waals surface area contributed by atoms with Gasteiger partial charge in [-0.05, 0) is 43.0 Å². The molecule has 4 nitrogen and oxygen atoms in total. The van der Waals surface area contributed by atoms with E-state index < -0.39 is 0 Å². The van der Waals surface area contributed by atoms with Gasteiger partial charge >= 0.3 is 0 Å². The highest BCUT2D eigenvalue weighted by molar-refractivity contribution is 6.02. The van der Waals surface area contributed by atoms with Crippen LogP contribution in [0.4, 0.5) is 0 Å². The minimum atomic E-state index is 0.0972. The molecule has 0 unspecified atom stereocenters. The predicted molar refractivity (Wildman–Crippen MR) is 106 cm³/mol. The van der Waals surface area contributed by atoms with Crippen LogP contribution in [-0.4, -0.2) is 35.4 Å². The molecule has 3 aromatic rings. The van der Waals surface area contributed by atoms with Crippen LogP contribution in [-0.2, 0) is 0 Å². The van der Waals surface area contributed by atoms with Crippen molar-refractivity contribution in [2.75, 3.05) is 19.6 Å². The summed E-state index contributed by atoms with van der Waals surface area (Å²) in [6, 6.07) is 14.8. The van der Waals surface area contributed by atoms with Gasteiger partial charge < -0.3 is 15.2 Å². The molecular formula is C22H25N3O. The van der Waals surface area contributed by atoms with Gasteiger partial charge in [0.25, 0.3) is 5.91 Å². The molecule has 4 heteroatoms. The molecule has 1 saturated heterocycles. The summed E-state index contributed by atoms with van der Waals surface area (Å²) in [4.78, 5) is 18.6. The Morgan fingerprint density at radius 1 is 1.04 bits per heavy atom. The predicted octanol–water partition coefficient (Wildman–Crippen LogP) is 3.88. The highest BCUT2D eigenvalue weighted by Gasteiger charge is 2.27. The van der Waals surface area contributed by atoms with Gasteiger partial charge in [-0.25, -0.2) is 0 Å². The van der Waals surface area contributed by atoms with Crippen LogP contribution in [0.25, 0.3) is 10.9 Å². The number of nitrogens with zero attached hydrogens (tertiary/aromatic N) is 1. The SMILES string of the molecule is Cc1ccc(C)c2c(C)c(C(=O)N3CCN[C@H](c4ccccc4)C3)[nH]c12. The van der Waals surface area contributed by atoms with Gasteiger partial charge in [-0.1, -0.05) is 42.5 Å². The lowest BCUT2D eigenvalue weighted by Gasteiger charge is -2.34. The molecule has 1 atom stereocenters. The van der Waals surface area contributed by atoms with Gasteiger partial charge in [-0.3, -0.25) is 4.79 Å². The summed E-state index contributed by atoms with van der Waals surface area (Å²) >= 11 is 0. The maximum Gasteiger partial charge on any atom is 0.270 e. The Bertz CT molecular complexity index is 958. The van der Waals surface area contributed by atoms with Crippen molar-refractivity contribution >= 4 is 16.8 Å². The van der Waals surface area contributed by atoms with Crippen LogP contribution >= 0.6 is 0 Å².